The molecule has 0 spiro atoms. The second-order valence-corrected chi connectivity index (χ2v) is 7.16. The molecule has 0 saturated carbocycles. The van der Waals surface area contributed by atoms with Gasteiger partial charge in [-0.3, -0.25) is 0 Å². The van der Waals surface area contributed by atoms with E-state index in [4.69, 9.17) is 0 Å². The maximum atomic E-state index is 12.2. The third-order valence-corrected chi connectivity index (χ3v) is 4.94. The van der Waals surface area contributed by atoms with E-state index in [1.807, 2.05) is 13.0 Å². The van der Waals surface area contributed by atoms with Crippen molar-refractivity contribution >= 4 is 10.0 Å². The number of hydrogen-bond donors (Lipinski definition) is 1. The fourth-order valence-corrected chi connectivity index (χ4v) is 3.45. The Morgan fingerprint density at radius 2 is 1.67 bits per heavy atom. The van der Waals surface area contributed by atoms with Gasteiger partial charge < -0.3 is 0 Å². The van der Waals surface area contributed by atoms with Crippen molar-refractivity contribution in [3.8, 4) is 0 Å². The molecule has 0 atom stereocenters. The topological polar surface area (TPSA) is 46.2 Å². The van der Waals surface area contributed by atoms with Crippen molar-refractivity contribution in [1.82, 2.24) is 4.72 Å². The van der Waals surface area contributed by atoms with Gasteiger partial charge in [-0.15, -0.1) is 0 Å². The minimum absolute atomic E-state index is 0.322. The molecule has 112 valence electrons. The minimum atomic E-state index is -3.42. The lowest BCUT2D eigenvalue weighted by Gasteiger charge is -2.09. The molecule has 2 aromatic carbocycles. The summed E-state index contributed by atoms with van der Waals surface area (Å²) < 4.78 is 27.1. The zero-order chi connectivity index (χ0) is 15.5. The van der Waals surface area contributed by atoms with Crippen LogP contribution in [0.4, 0.5) is 0 Å². The van der Waals surface area contributed by atoms with Crippen molar-refractivity contribution in [1.29, 1.82) is 0 Å². The summed E-state index contributed by atoms with van der Waals surface area (Å²) in [5.74, 6) is 0. The molecule has 2 rings (SSSR count). The second kappa shape index (κ2) is 6.41. The molecule has 0 aliphatic carbocycles. The van der Waals surface area contributed by atoms with Gasteiger partial charge in [0, 0.05) is 6.54 Å². The molecule has 21 heavy (non-hydrogen) atoms. The van der Waals surface area contributed by atoms with Crippen molar-refractivity contribution < 1.29 is 8.42 Å². The molecule has 0 aliphatic heterocycles. The predicted molar refractivity (Wildman–Crippen MR) is 86.0 cm³/mol. The Bertz CT molecular complexity index is 736. The maximum Gasteiger partial charge on any atom is 0.240 e. The summed E-state index contributed by atoms with van der Waals surface area (Å²) in [7, 11) is -3.42. The first-order valence-corrected chi connectivity index (χ1v) is 8.49. The van der Waals surface area contributed by atoms with Gasteiger partial charge in [0.15, 0.2) is 0 Å². The van der Waals surface area contributed by atoms with E-state index in [-0.39, 0.29) is 0 Å². The van der Waals surface area contributed by atoms with Crippen LogP contribution < -0.4 is 4.72 Å². The number of aryl methyl sites for hydroxylation is 3. The van der Waals surface area contributed by atoms with E-state index in [1.165, 1.54) is 16.7 Å². The van der Waals surface area contributed by atoms with Gasteiger partial charge in [0.05, 0.1) is 4.90 Å². The third-order valence-electron chi connectivity index (χ3n) is 3.48. The standard InChI is InChI=1S/C17H21NO2S/c1-13-5-4-6-17(12-13)21(19,20)18-10-9-16-8-7-14(2)11-15(16)3/h4-8,11-12,18H,9-10H2,1-3H3. The highest BCUT2D eigenvalue weighted by atomic mass is 32.2. The second-order valence-electron chi connectivity index (χ2n) is 5.39. The molecular formula is C17H21NO2S. The summed E-state index contributed by atoms with van der Waals surface area (Å²) in [5, 5.41) is 0. The normalized spacial score (nSPS) is 11.6. The molecule has 0 aromatic heterocycles. The first-order chi connectivity index (χ1) is 9.88. The quantitative estimate of drug-likeness (QED) is 0.922. The average Bonchev–Trinajstić information content (AvgIpc) is 2.41. The van der Waals surface area contributed by atoms with Gasteiger partial charge in [-0.05, 0) is 56.0 Å². The maximum absolute atomic E-state index is 12.2. The van der Waals surface area contributed by atoms with Gasteiger partial charge in [-0.2, -0.15) is 0 Å². The highest BCUT2D eigenvalue weighted by Gasteiger charge is 2.13. The Labute approximate surface area is 127 Å². The molecule has 3 nitrogen and oxygen atoms in total. The van der Waals surface area contributed by atoms with E-state index in [9.17, 15) is 8.42 Å². The number of rotatable bonds is 5. The summed E-state index contributed by atoms with van der Waals surface area (Å²) >= 11 is 0. The van der Waals surface area contributed by atoms with Crippen molar-refractivity contribution in [3.05, 3.63) is 64.7 Å². The molecule has 0 unspecified atom stereocenters. The zero-order valence-electron chi connectivity index (χ0n) is 12.7. The first-order valence-electron chi connectivity index (χ1n) is 7.01. The van der Waals surface area contributed by atoms with Gasteiger partial charge in [0.2, 0.25) is 10.0 Å². The molecule has 0 fully saturated rings. The largest absolute Gasteiger partial charge is 0.240 e. The molecule has 0 radical (unpaired) electrons. The van der Waals surface area contributed by atoms with Crippen LogP contribution in [0.15, 0.2) is 47.4 Å². The van der Waals surface area contributed by atoms with Crippen molar-refractivity contribution in [2.45, 2.75) is 32.1 Å². The Morgan fingerprint density at radius 1 is 0.952 bits per heavy atom. The van der Waals surface area contributed by atoms with E-state index >= 15 is 0 Å². The van der Waals surface area contributed by atoms with E-state index in [1.54, 1.807) is 18.2 Å². The molecule has 0 saturated heterocycles. The SMILES string of the molecule is Cc1cccc(S(=O)(=O)NCCc2ccc(C)cc2C)c1. The van der Waals surface area contributed by atoms with Gasteiger partial charge in [0.25, 0.3) is 0 Å². The van der Waals surface area contributed by atoms with Gasteiger partial charge in [-0.1, -0.05) is 35.9 Å². The van der Waals surface area contributed by atoms with Crippen LogP contribution in [0.5, 0.6) is 0 Å². The van der Waals surface area contributed by atoms with Crippen molar-refractivity contribution in [3.63, 3.8) is 0 Å². The Morgan fingerprint density at radius 3 is 2.33 bits per heavy atom. The lowest BCUT2D eigenvalue weighted by Crippen LogP contribution is -2.26. The summed E-state index contributed by atoms with van der Waals surface area (Å²) in [6.07, 6.45) is 0.692. The highest BCUT2D eigenvalue weighted by molar-refractivity contribution is 7.89. The average molecular weight is 303 g/mol. The first kappa shape index (κ1) is 15.7. The lowest BCUT2D eigenvalue weighted by molar-refractivity contribution is 0.581. The van der Waals surface area contributed by atoms with E-state index in [2.05, 4.69) is 36.8 Å². The number of benzene rings is 2. The highest BCUT2D eigenvalue weighted by Crippen LogP contribution is 2.13. The monoisotopic (exact) mass is 303 g/mol. The lowest BCUT2D eigenvalue weighted by atomic mass is 10.0. The molecule has 0 bridgehead atoms. The van der Waals surface area contributed by atoms with Crippen LogP contribution in [-0.2, 0) is 16.4 Å². The van der Waals surface area contributed by atoms with Gasteiger partial charge >= 0.3 is 0 Å². The number of sulfonamides is 1. The van der Waals surface area contributed by atoms with E-state index < -0.39 is 10.0 Å². The zero-order valence-corrected chi connectivity index (χ0v) is 13.5. The fourth-order valence-electron chi connectivity index (χ4n) is 2.31. The van der Waals surface area contributed by atoms with E-state index in [0.717, 1.165) is 5.56 Å². The Kier molecular flexibility index (Phi) is 4.80. The van der Waals surface area contributed by atoms with Crippen LogP contribution in [-0.4, -0.2) is 15.0 Å². The van der Waals surface area contributed by atoms with Gasteiger partial charge in [-0.25, -0.2) is 13.1 Å². The number of nitrogens with one attached hydrogen (secondary N) is 1. The molecule has 4 heteroatoms. The molecular weight excluding hydrogens is 282 g/mol. The molecule has 2 aromatic rings. The van der Waals surface area contributed by atoms with Crippen LogP contribution >= 0.6 is 0 Å². The predicted octanol–water partition coefficient (Wildman–Crippen LogP) is 3.13. The summed E-state index contributed by atoms with van der Waals surface area (Å²) in [5.41, 5.74) is 4.53. The van der Waals surface area contributed by atoms with Crippen LogP contribution in [0, 0.1) is 20.8 Å². The summed E-state index contributed by atoms with van der Waals surface area (Å²) in [6.45, 7) is 6.39. The molecule has 0 amide bonds. The minimum Gasteiger partial charge on any atom is -0.211 e. The fraction of sp³-hybridized carbons (Fsp3) is 0.294. The smallest absolute Gasteiger partial charge is 0.211 e. The number of hydrogen-bond acceptors (Lipinski definition) is 2. The Balaban J connectivity index is 2.02. The molecule has 1 N–H and O–H groups in total. The van der Waals surface area contributed by atoms with Crippen LogP contribution in [0.3, 0.4) is 0 Å². The molecule has 0 heterocycles. The van der Waals surface area contributed by atoms with Crippen molar-refractivity contribution in [2.24, 2.45) is 0 Å². The van der Waals surface area contributed by atoms with Crippen LogP contribution in [0.2, 0.25) is 0 Å². The van der Waals surface area contributed by atoms with Gasteiger partial charge in [0.1, 0.15) is 0 Å². The van der Waals surface area contributed by atoms with Crippen LogP contribution in [0.1, 0.15) is 22.3 Å². The summed E-state index contributed by atoms with van der Waals surface area (Å²) in [4.78, 5) is 0.322. The van der Waals surface area contributed by atoms with Crippen molar-refractivity contribution in [2.75, 3.05) is 6.54 Å². The molecule has 0 aliphatic rings. The Hall–Kier alpha value is -1.65. The summed E-state index contributed by atoms with van der Waals surface area (Å²) in [6, 6.07) is 13.2. The van der Waals surface area contributed by atoms with E-state index in [0.29, 0.717) is 17.9 Å². The van der Waals surface area contributed by atoms with Crippen LogP contribution in [0.25, 0.3) is 0 Å². The third kappa shape index (κ3) is 4.16.